The Morgan fingerprint density at radius 3 is 2.27 bits per heavy atom. The largest absolute Gasteiger partial charge is 0.394 e. The molecule has 5 heteroatoms. The van der Waals surface area contributed by atoms with Gasteiger partial charge in [0.25, 0.3) is 0 Å². The van der Waals surface area contributed by atoms with Crippen LogP contribution in [0.25, 0.3) is 0 Å². The van der Waals surface area contributed by atoms with Crippen LogP contribution in [0.15, 0.2) is 30.3 Å². The fourth-order valence-electron chi connectivity index (χ4n) is 2.40. The first kappa shape index (κ1) is 18.2. The Balaban J connectivity index is 2.69. The highest BCUT2D eigenvalue weighted by atomic mass is 16.3. The molecule has 0 saturated carbocycles. The van der Waals surface area contributed by atoms with Gasteiger partial charge in [-0.2, -0.15) is 0 Å². The summed E-state index contributed by atoms with van der Waals surface area (Å²) in [5, 5.41) is 15.0. The summed E-state index contributed by atoms with van der Waals surface area (Å²) in [5.41, 5.74) is 0.886. The molecular formula is C17H26N2O3. The minimum absolute atomic E-state index is 0.0833. The van der Waals surface area contributed by atoms with Crippen molar-refractivity contribution in [1.29, 1.82) is 0 Å². The average Bonchev–Trinajstić information content (AvgIpc) is 2.45. The molecule has 0 aliphatic carbocycles. The maximum atomic E-state index is 12.2. The first-order chi connectivity index (χ1) is 10.4. The van der Waals surface area contributed by atoms with E-state index in [1.165, 1.54) is 6.92 Å². The molecule has 0 aliphatic rings. The summed E-state index contributed by atoms with van der Waals surface area (Å²) in [6.07, 6.45) is 0.872. The molecule has 0 bridgehead atoms. The zero-order chi connectivity index (χ0) is 16.5. The Morgan fingerprint density at radius 1 is 1.14 bits per heavy atom. The number of aliphatic hydroxyl groups excluding tert-OH is 1. The molecule has 5 nitrogen and oxygen atoms in total. The highest BCUT2D eigenvalue weighted by Crippen LogP contribution is 2.16. The third-order valence-corrected chi connectivity index (χ3v) is 3.31. The molecule has 0 aliphatic heterocycles. The predicted octanol–water partition coefficient (Wildman–Crippen LogP) is 1.78. The maximum Gasteiger partial charge on any atom is 0.222 e. The summed E-state index contributed by atoms with van der Waals surface area (Å²) < 4.78 is 0. The van der Waals surface area contributed by atoms with E-state index in [1.54, 1.807) is 0 Å². The van der Waals surface area contributed by atoms with Gasteiger partial charge in [0, 0.05) is 6.92 Å². The molecule has 1 rings (SSSR count). The van der Waals surface area contributed by atoms with Gasteiger partial charge in [-0.15, -0.1) is 0 Å². The number of carbonyl (C=O) groups excluding carboxylic acids is 2. The van der Waals surface area contributed by atoms with E-state index < -0.39 is 0 Å². The number of amides is 2. The summed E-state index contributed by atoms with van der Waals surface area (Å²) in [4.78, 5) is 23.5. The lowest BCUT2D eigenvalue weighted by atomic mass is 10.0. The monoisotopic (exact) mass is 306 g/mol. The zero-order valence-electron chi connectivity index (χ0n) is 13.5. The van der Waals surface area contributed by atoms with E-state index in [0.29, 0.717) is 5.92 Å². The van der Waals surface area contributed by atoms with Gasteiger partial charge in [-0.1, -0.05) is 44.2 Å². The fourth-order valence-corrected chi connectivity index (χ4v) is 2.40. The summed E-state index contributed by atoms with van der Waals surface area (Å²) in [7, 11) is 0. The van der Waals surface area contributed by atoms with Crippen molar-refractivity contribution >= 4 is 11.8 Å². The van der Waals surface area contributed by atoms with Gasteiger partial charge in [0.05, 0.1) is 25.1 Å². The molecule has 22 heavy (non-hydrogen) atoms. The van der Waals surface area contributed by atoms with Gasteiger partial charge in [0.15, 0.2) is 0 Å². The Morgan fingerprint density at radius 2 is 1.77 bits per heavy atom. The summed E-state index contributed by atoms with van der Waals surface area (Å²) >= 11 is 0. The van der Waals surface area contributed by atoms with E-state index >= 15 is 0 Å². The third-order valence-electron chi connectivity index (χ3n) is 3.31. The van der Waals surface area contributed by atoms with Crippen LogP contribution < -0.4 is 10.6 Å². The van der Waals surface area contributed by atoms with Gasteiger partial charge in [-0.3, -0.25) is 9.59 Å². The fraction of sp³-hybridized carbons (Fsp3) is 0.529. The van der Waals surface area contributed by atoms with Crippen molar-refractivity contribution in [3.8, 4) is 0 Å². The second-order valence-corrected chi connectivity index (χ2v) is 5.94. The molecular weight excluding hydrogens is 280 g/mol. The molecule has 2 amide bonds. The Hall–Kier alpha value is -1.88. The van der Waals surface area contributed by atoms with E-state index in [0.717, 1.165) is 12.0 Å². The number of hydrogen-bond donors (Lipinski definition) is 3. The molecule has 0 aromatic heterocycles. The van der Waals surface area contributed by atoms with Gasteiger partial charge in [0.2, 0.25) is 11.8 Å². The van der Waals surface area contributed by atoms with E-state index in [2.05, 4.69) is 10.6 Å². The van der Waals surface area contributed by atoms with Gasteiger partial charge in [-0.25, -0.2) is 0 Å². The number of hydrogen-bond acceptors (Lipinski definition) is 3. The summed E-state index contributed by atoms with van der Waals surface area (Å²) in [5.74, 6) is 0.0301. The zero-order valence-corrected chi connectivity index (χ0v) is 13.5. The molecule has 0 heterocycles. The van der Waals surface area contributed by atoms with Gasteiger partial charge < -0.3 is 15.7 Å². The second-order valence-electron chi connectivity index (χ2n) is 5.94. The van der Waals surface area contributed by atoms with E-state index in [9.17, 15) is 14.7 Å². The highest BCUT2D eigenvalue weighted by Gasteiger charge is 2.19. The molecule has 3 N–H and O–H groups in total. The van der Waals surface area contributed by atoms with Crippen molar-refractivity contribution in [2.24, 2.45) is 5.92 Å². The summed E-state index contributed by atoms with van der Waals surface area (Å²) in [6, 6.07) is 8.78. The Kier molecular flexibility index (Phi) is 7.60. The lowest BCUT2D eigenvalue weighted by Crippen LogP contribution is -2.40. The number of rotatable bonds is 8. The van der Waals surface area contributed by atoms with Crippen LogP contribution in [-0.4, -0.2) is 29.6 Å². The molecule has 2 atom stereocenters. The van der Waals surface area contributed by atoms with Crippen LogP contribution in [0.1, 0.15) is 45.2 Å². The Labute approximate surface area is 132 Å². The average molecular weight is 306 g/mol. The van der Waals surface area contributed by atoms with Crippen LogP contribution in [0.3, 0.4) is 0 Å². The van der Waals surface area contributed by atoms with Crippen molar-refractivity contribution in [1.82, 2.24) is 10.6 Å². The first-order valence-electron chi connectivity index (χ1n) is 7.64. The molecule has 1 aromatic carbocycles. The van der Waals surface area contributed by atoms with Crippen molar-refractivity contribution in [3.05, 3.63) is 35.9 Å². The number of benzene rings is 1. The van der Waals surface area contributed by atoms with Crippen LogP contribution >= 0.6 is 0 Å². The number of nitrogens with one attached hydrogen (secondary N) is 2. The van der Waals surface area contributed by atoms with E-state index in [4.69, 9.17) is 0 Å². The van der Waals surface area contributed by atoms with Crippen LogP contribution in [0.5, 0.6) is 0 Å². The van der Waals surface area contributed by atoms with Gasteiger partial charge in [0.1, 0.15) is 0 Å². The van der Waals surface area contributed by atoms with Gasteiger partial charge >= 0.3 is 0 Å². The minimum Gasteiger partial charge on any atom is -0.394 e. The highest BCUT2D eigenvalue weighted by molar-refractivity contribution is 5.79. The second kappa shape index (κ2) is 9.20. The molecule has 0 fully saturated rings. The van der Waals surface area contributed by atoms with Crippen LogP contribution in [-0.2, 0) is 9.59 Å². The predicted molar refractivity (Wildman–Crippen MR) is 86.1 cm³/mol. The lowest BCUT2D eigenvalue weighted by Gasteiger charge is -2.22. The first-order valence-corrected chi connectivity index (χ1v) is 7.64. The SMILES string of the molecule is CC(=O)NC(CC(=O)NC(CO)CC(C)C)c1ccccc1. The van der Waals surface area contributed by atoms with Crippen molar-refractivity contribution in [2.45, 2.75) is 45.7 Å². The van der Waals surface area contributed by atoms with Crippen molar-refractivity contribution in [3.63, 3.8) is 0 Å². The van der Waals surface area contributed by atoms with Crippen LogP contribution in [0.2, 0.25) is 0 Å². The van der Waals surface area contributed by atoms with E-state index in [1.807, 2.05) is 44.2 Å². The Bertz CT molecular complexity index is 474. The lowest BCUT2D eigenvalue weighted by molar-refractivity contribution is -0.123. The molecule has 122 valence electrons. The topological polar surface area (TPSA) is 78.4 Å². The van der Waals surface area contributed by atoms with Crippen LogP contribution in [0, 0.1) is 5.92 Å². The number of aliphatic hydroxyl groups is 1. The van der Waals surface area contributed by atoms with Gasteiger partial charge in [-0.05, 0) is 17.9 Å². The van der Waals surface area contributed by atoms with Crippen molar-refractivity contribution < 1.29 is 14.7 Å². The number of carbonyl (C=O) groups is 2. The molecule has 0 saturated heterocycles. The van der Waals surface area contributed by atoms with Crippen LogP contribution in [0.4, 0.5) is 0 Å². The quantitative estimate of drug-likeness (QED) is 0.685. The molecule has 1 aromatic rings. The maximum absolute atomic E-state index is 12.2. The molecule has 0 spiro atoms. The van der Waals surface area contributed by atoms with Crippen molar-refractivity contribution in [2.75, 3.05) is 6.61 Å². The standard InChI is InChI=1S/C17H26N2O3/c1-12(2)9-15(11-20)19-17(22)10-16(18-13(3)21)14-7-5-4-6-8-14/h4-8,12,15-16,20H,9-11H2,1-3H3,(H,18,21)(H,19,22). The normalized spacial score (nSPS) is 13.5. The molecule has 0 radical (unpaired) electrons. The molecule has 2 unspecified atom stereocenters. The minimum atomic E-state index is -0.364. The van der Waals surface area contributed by atoms with E-state index in [-0.39, 0.29) is 36.9 Å². The third kappa shape index (κ3) is 6.72. The summed E-state index contributed by atoms with van der Waals surface area (Å²) in [6.45, 7) is 5.43. The smallest absolute Gasteiger partial charge is 0.222 e.